The van der Waals surface area contributed by atoms with E-state index in [1.807, 2.05) is 29.8 Å². The van der Waals surface area contributed by atoms with Crippen molar-refractivity contribution in [1.82, 2.24) is 9.78 Å². The summed E-state index contributed by atoms with van der Waals surface area (Å²) in [6.07, 6.45) is 0. The van der Waals surface area contributed by atoms with Crippen LogP contribution in [0, 0.1) is 34.6 Å². The van der Waals surface area contributed by atoms with Crippen LogP contribution >= 0.6 is 23.2 Å². The molecule has 4 heteroatoms. The largest absolute Gasteiger partial charge is 0.231 e. The van der Waals surface area contributed by atoms with E-state index in [2.05, 4.69) is 64.1 Å². The smallest absolute Gasteiger partial charge is 0.112 e. The first kappa shape index (κ1) is 20.7. The Morgan fingerprint density at radius 1 is 0.633 bits per heavy atom. The Morgan fingerprint density at radius 2 is 1.20 bits per heavy atom. The molecule has 1 aromatic heterocycles. The molecule has 0 saturated heterocycles. The Bertz CT molecular complexity index is 1270. The summed E-state index contributed by atoms with van der Waals surface area (Å²) in [4.78, 5) is 0. The van der Waals surface area contributed by atoms with Crippen LogP contribution in [0.3, 0.4) is 0 Å². The summed E-state index contributed by atoms with van der Waals surface area (Å²) in [5.74, 6) is 0. The van der Waals surface area contributed by atoms with Crippen LogP contribution in [-0.2, 0) is 0 Å². The van der Waals surface area contributed by atoms with E-state index in [9.17, 15) is 0 Å². The number of nitrogens with zero attached hydrogens (tertiary/aromatic N) is 2. The summed E-state index contributed by atoms with van der Waals surface area (Å²) in [5.41, 5.74) is 10.5. The second-order valence-electron chi connectivity index (χ2n) is 7.95. The molecule has 1 heterocycles. The molecule has 0 spiro atoms. The van der Waals surface area contributed by atoms with Crippen LogP contribution in [0.1, 0.15) is 27.8 Å². The molecule has 152 valence electrons. The summed E-state index contributed by atoms with van der Waals surface area (Å²) < 4.78 is 1.91. The third-order valence-electron chi connectivity index (χ3n) is 5.79. The van der Waals surface area contributed by atoms with Crippen molar-refractivity contribution in [1.29, 1.82) is 0 Å². The maximum absolute atomic E-state index is 6.99. The number of hydrogen-bond donors (Lipinski definition) is 0. The summed E-state index contributed by atoms with van der Waals surface area (Å²) in [5, 5.41) is 6.29. The van der Waals surface area contributed by atoms with Gasteiger partial charge in [0, 0.05) is 16.1 Å². The van der Waals surface area contributed by atoms with Crippen molar-refractivity contribution in [3.05, 3.63) is 92.5 Å². The summed E-state index contributed by atoms with van der Waals surface area (Å²) in [6.45, 7) is 10.4. The van der Waals surface area contributed by atoms with Gasteiger partial charge < -0.3 is 0 Å². The highest BCUT2D eigenvalue weighted by atomic mass is 35.5. The average Bonchev–Trinajstić information content (AvgIpc) is 3.05. The van der Waals surface area contributed by atoms with Crippen molar-refractivity contribution >= 4 is 23.2 Å². The number of benzene rings is 3. The number of aryl methyl sites for hydroxylation is 5. The highest BCUT2D eigenvalue weighted by Crippen LogP contribution is 2.39. The quantitative estimate of drug-likeness (QED) is 0.318. The van der Waals surface area contributed by atoms with Crippen LogP contribution in [0.5, 0.6) is 0 Å². The molecule has 0 radical (unpaired) electrons. The summed E-state index contributed by atoms with van der Waals surface area (Å²) in [7, 11) is 0. The third-order valence-corrected chi connectivity index (χ3v) is 6.55. The fourth-order valence-electron chi connectivity index (χ4n) is 3.51. The first-order valence-corrected chi connectivity index (χ1v) is 10.7. The second kappa shape index (κ2) is 7.94. The Kier molecular flexibility index (Phi) is 5.48. The number of rotatable bonds is 3. The lowest BCUT2D eigenvalue weighted by atomic mass is 10.0. The predicted octanol–water partition coefficient (Wildman–Crippen LogP) is 8.06. The van der Waals surface area contributed by atoms with Crippen LogP contribution in [0.2, 0.25) is 10.0 Å². The molecule has 0 atom stereocenters. The maximum atomic E-state index is 6.99. The normalized spacial score (nSPS) is 11.2. The predicted molar refractivity (Wildman–Crippen MR) is 128 cm³/mol. The SMILES string of the molecule is Cc1ccc(-c2nn(-c3ccc(C)c(Cl)c3)c(-c3ccc(C)c(C)c3)c2Cl)cc1C. The Balaban J connectivity index is 2.00. The van der Waals surface area contributed by atoms with Gasteiger partial charge in [-0.05, 0) is 86.7 Å². The van der Waals surface area contributed by atoms with Crippen molar-refractivity contribution in [2.45, 2.75) is 34.6 Å². The fraction of sp³-hybridized carbons (Fsp3) is 0.192. The molecule has 0 aliphatic rings. The van der Waals surface area contributed by atoms with E-state index in [4.69, 9.17) is 28.3 Å². The minimum absolute atomic E-state index is 0.637. The van der Waals surface area contributed by atoms with E-state index in [1.165, 1.54) is 22.3 Å². The van der Waals surface area contributed by atoms with Crippen molar-refractivity contribution in [2.75, 3.05) is 0 Å². The zero-order chi connectivity index (χ0) is 21.6. The molecule has 0 N–H and O–H groups in total. The molecular weight excluding hydrogens is 411 g/mol. The van der Waals surface area contributed by atoms with Gasteiger partial charge in [0.1, 0.15) is 5.69 Å². The molecule has 2 nitrogen and oxygen atoms in total. The van der Waals surface area contributed by atoms with Gasteiger partial charge >= 0.3 is 0 Å². The second-order valence-corrected chi connectivity index (χ2v) is 8.74. The molecular formula is C26H24Cl2N2. The molecule has 0 bridgehead atoms. The van der Waals surface area contributed by atoms with Gasteiger partial charge in [-0.2, -0.15) is 5.10 Å². The number of halogens is 2. The van der Waals surface area contributed by atoms with E-state index < -0.39 is 0 Å². The summed E-state index contributed by atoms with van der Waals surface area (Å²) >= 11 is 13.4. The van der Waals surface area contributed by atoms with E-state index >= 15 is 0 Å². The maximum Gasteiger partial charge on any atom is 0.112 e. The minimum Gasteiger partial charge on any atom is -0.231 e. The minimum atomic E-state index is 0.637. The van der Waals surface area contributed by atoms with Crippen LogP contribution in [0.4, 0.5) is 0 Å². The Labute approximate surface area is 188 Å². The molecule has 3 aromatic carbocycles. The molecule has 0 unspecified atom stereocenters. The van der Waals surface area contributed by atoms with Crippen molar-refractivity contribution in [3.63, 3.8) is 0 Å². The molecule has 4 aromatic rings. The van der Waals surface area contributed by atoms with E-state index in [0.29, 0.717) is 10.0 Å². The van der Waals surface area contributed by atoms with Crippen molar-refractivity contribution in [3.8, 4) is 28.2 Å². The van der Waals surface area contributed by atoms with Gasteiger partial charge in [0.2, 0.25) is 0 Å². The Morgan fingerprint density at radius 3 is 1.80 bits per heavy atom. The topological polar surface area (TPSA) is 17.8 Å². The zero-order valence-corrected chi connectivity index (χ0v) is 19.4. The van der Waals surface area contributed by atoms with Crippen LogP contribution in [0.25, 0.3) is 28.2 Å². The van der Waals surface area contributed by atoms with Gasteiger partial charge in [0.25, 0.3) is 0 Å². The van der Waals surface area contributed by atoms with E-state index in [-0.39, 0.29) is 0 Å². The lowest BCUT2D eigenvalue weighted by Crippen LogP contribution is -2.00. The lowest BCUT2D eigenvalue weighted by Gasteiger charge is -2.11. The first-order chi connectivity index (χ1) is 14.3. The third kappa shape index (κ3) is 3.66. The monoisotopic (exact) mass is 434 g/mol. The summed E-state index contributed by atoms with van der Waals surface area (Å²) in [6, 6.07) is 18.7. The highest BCUT2D eigenvalue weighted by Gasteiger charge is 2.21. The molecule has 0 saturated carbocycles. The van der Waals surface area contributed by atoms with Crippen LogP contribution < -0.4 is 0 Å². The molecule has 4 rings (SSSR count). The highest BCUT2D eigenvalue weighted by molar-refractivity contribution is 6.35. The molecule has 0 aliphatic carbocycles. The number of hydrogen-bond acceptors (Lipinski definition) is 1. The zero-order valence-electron chi connectivity index (χ0n) is 17.8. The van der Waals surface area contributed by atoms with Gasteiger partial charge in [-0.1, -0.05) is 53.5 Å². The van der Waals surface area contributed by atoms with Gasteiger partial charge in [-0.3, -0.25) is 0 Å². The molecule has 0 fully saturated rings. The average molecular weight is 435 g/mol. The fourth-order valence-corrected chi connectivity index (χ4v) is 4.02. The van der Waals surface area contributed by atoms with Gasteiger partial charge in [0.05, 0.1) is 16.4 Å². The van der Waals surface area contributed by atoms with Gasteiger partial charge in [-0.25, -0.2) is 4.68 Å². The number of aromatic nitrogens is 2. The molecule has 30 heavy (non-hydrogen) atoms. The van der Waals surface area contributed by atoms with Crippen molar-refractivity contribution in [2.24, 2.45) is 0 Å². The van der Waals surface area contributed by atoms with Crippen LogP contribution in [0.15, 0.2) is 54.6 Å². The van der Waals surface area contributed by atoms with Gasteiger partial charge in [0.15, 0.2) is 0 Å². The van der Waals surface area contributed by atoms with Crippen LogP contribution in [-0.4, -0.2) is 9.78 Å². The van der Waals surface area contributed by atoms with Gasteiger partial charge in [-0.15, -0.1) is 0 Å². The molecule has 0 amide bonds. The van der Waals surface area contributed by atoms with E-state index in [0.717, 1.165) is 33.8 Å². The standard InChI is InChI=1S/C26H24Cl2N2/c1-15-6-9-20(12-18(15)4)25-24(28)26(21-10-7-16(2)19(5)13-21)30(29-25)22-11-8-17(3)23(27)14-22/h6-14H,1-5H3. The van der Waals surface area contributed by atoms with Crippen molar-refractivity contribution < 1.29 is 0 Å². The van der Waals surface area contributed by atoms with E-state index in [1.54, 1.807) is 0 Å². The Hall–Kier alpha value is -2.55. The molecule has 0 aliphatic heterocycles. The lowest BCUT2D eigenvalue weighted by molar-refractivity contribution is 0.891. The first-order valence-electron chi connectivity index (χ1n) is 9.96.